The molecule has 0 aliphatic rings. The number of nitrogens with one attached hydrogen (secondary N) is 1. The second kappa shape index (κ2) is 6.84. The second-order valence-corrected chi connectivity index (χ2v) is 8.17. The Morgan fingerprint density at radius 2 is 1.77 bits per heavy atom. The molecule has 2 aromatic carbocycles. The molecule has 0 saturated carbocycles. The molecule has 3 rings (SSSR count). The minimum Gasteiger partial charge on any atom is -0.461 e. The van der Waals surface area contributed by atoms with Gasteiger partial charge in [0, 0.05) is 11.1 Å². The molecule has 0 saturated heterocycles. The molecule has 7 heteroatoms. The van der Waals surface area contributed by atoms with E-state index in [0.717, 1.165) is 32.9 Å². The Labute approximate surface area is 152 Å². The largest absolute Gasteiger partial charge is 0.461 e. The quantitative estimate of drug-likeness (QED) is 0.744. The molecule has 6 nitrogen and oxygen atoms in total. The van der Waals surface area contributed by atoms with Crippen LogP contribution in [-0.4, -0.2) is 27.1 Å². The zero-order valence-corrected chi connectivity index (χ0v) is 15.6. The summed E-state index contributed by atoms with van der Waals surface area (Å²) >= 11 is 0. The zero-order valence-electron chi connectivity index (χ0n) is 14.8. The van der Waals surface area contributed by atoms with Crippen molar-refractivity contribution in [3.05, 3.63) is 59.9 Å². The number of carbonyl (C=O) groups is 1. The van der Waals surface area contributed by atoms with Crippen molar-refractivity contribution in [3.8, 4) is 0 Å². The van der Waals surface area contributed by atoms with Crippen molar-refractivity contribution in [2.75, 3.05) is 22.4 Å². The lowest BCUT2D eigenvalue weighted by atomic mass is 10.2. The van der Waals surface area contributed by atoms with E-state index in [9.17, 15) is 13.2 Å². The fourth-order valence-electron chi connectivity index (χ4n) is 2.70. The Hall–Kier alpha value is -2.80. The summed E-state index contributed by atoms with van der Waals surface area (Å²) in [5.74, 6) is 0.363. The smallest absolute Gasteiger partial charge is 0.245 e. The standard InChI is InChI=1S/C19H20N2O4S/c1-13-4-7-17(8-5-13)21(26(3,23)24)12-19(22)20-16-6-9-18-15(11-16)10-14(2)25-18/h4-11H,12H2,1-3H3,(H,20,22). The summed E-state index contributed by atoms with van der Waals surface area (Å²) in [6.45, 7) is 3.46. The molecule has 1 heterocycles. The second-order valence-electron chi connectivity index (χ2n) is 6.26. The number of amides is 1. The van der Waals surface area contributed by atoms with E-state index < -0.39 is 15.9 Å². The molecule has 0 atom stereocenters. The molecule has 1 amide bonds. The van der Waals surface area contributed by atoms with E-state index in [-0.39, 0.29) is 6.54 Å². The van der Waals surface area contributed by atoms with Crippen molar-refractivity contribution in [2.45, 2.75) is 13.8 Å². The summed E-state index contributed by atoms with van der Waals surface area (Å²) < 4.78 is 30.8. The predicted octanol–water partition coefficient (Wildman–Crippen LogP) is 3.45. The lowest BCUT2D eigenvalue weighted by Crippen LogP contribution is -2.37. The first-order valence-corrected chi connectivity index (χ1v) is 9.91. The van der Waals surface area contributed by atoms with Crippen LogP contribution in [0.4, 0.5) is 11.4 Å². The summed E-state index contributed by atoms with van der Waals surface area (Å²) in [4.78, 5) is 12.4. The Morgan fingerprint density at radius 1 is 1.08 bits per heavy atom. The first-order valence-electron chi connectivity index (χ1n) is 8.07. The Balaban J connectivity index is 1.79. The minimum absolute atomic E-state index is 0.301. The fraction of sp³-hybridized carbons (Fsp3) is 0.211. The third-order valence-electron chi connectivity index (χ3n) is 3.93. The molecule has 0 radical (unpaired) electrons. The molecule has 0 unspecified atom stereocenters. The maximum atomic E-state index is 12.4. The van der Waals surface area contributed by atoms with Crippen LogP contribution in [-0.2, 0) is 14.8 Å². The fourth-order valence-corrected chi connectivity index (χ4v) is 3.55. The van der Waals surface area contributed by atoms with E-state index >= 15 is 0 Å². The number of hydrogen-bond donors (Lipinski definition) is 1. The minimum atomic E-state index is -3.59. The molecule has 0 aliphatic carbocycles. The third-order valence-corrected chi connectivity index (χ3v) is 5.07. The van der Waals surface area contributed by atoms with E-state index in [1.807, 2.05) is 19.9 Å². The van der Waals surface area contributed by atoms with Gasteiger partial charge in [0.2, 0.25) is 15.9 Å². The van der Waals surface area contributed by atoms with Crippen molar-refractivity contribution in [1.82, 2.24) is 0 Å². The van der Waals surface area contributed by atoms with Gasteiger partial charge < -0.3 is 9.73 Å². The van der Waals surface area contributed by atoms with E-state index in [0.29, 0.717) is 11.4 Å². The molecule has 136 valence electrons. The topological polar surface area (TPSA) is 79.6 Å². The van der Waals surface area contributed by atoms with Crippen LogP contribution in [0.1, 0.15) is 11.3 Å². The van der Waals surface area contributed by atoms with Gasteiger partial charge in [0.05, 0.1) is 11.9 Å². The normalized spacial score (nSPS) is 11.5. The molecule has 0 aliphatic heterocycles. The van der Waals surface area contributed by atoms with Gasteiger partial charge in [-0.05, 0) is 50.2 Å². The highest BCUT2D eigenvalue weighted by atomic mass is 32.2. The highest BCUT2D eigenvalue weighted by molar-refractivity contribution is 7.92. The van der Waals surface area contributed by atoms with Crippen molar-refractivity contribution >= 4 is 38.3 Å². The first-order chi connectivity index (χ1) is 12.2. The average molecular weight is 372 g/mol. The van der Waals surface area contributed by atoms with Gasteiger partial charge in [-0.25, -0.2) is 8.42 Å². The maximum absolute atomic E-state index is 12.4. The van der Waals surface area contributed by atoms with Crippen LogP contribution < -0.4 is 9.62 Å². The third kappa shape index (κ3) is 4.05. The number of fused-ring (bicyclic) bond motifs is 1. The average Bonchev–Trinajstić information content (AvgIpc) is 2.92. The molecule has 1 N–H and O–H groups in total. The van der Waals surface area contributed by atoms with Crippen LogP contribution >= 0.6 is 0 Å². The lowest BCUT2D eigenvalue weighted by Gasteiger charge is -2.22. The van der Waals surface area contributed by atoms with Crippen molar-refractivity contribution in [3.63, 3.8) is 0 Å². The molecule has 0 bridgehead atoms. The molecule has 1 aromatic heterocycles. The SMILES string of the molecule is Cc1ccc(N(CC(=O)Nc2ccc3oc(C)cc3c2)S(C)(=O)=O)cc1. The van der Waals surface area contributed by atoms with Crippen LogP contribution in [0.25, 0.3) is 11.0 Å². The van der Waals surface area contributed by atoms with E-state index in [1.165, 1.54) is 0 Å². The van der Waals surface area contributed by atoms with Crippen molar-refractivity contribution < 1.29 is 17.6 Å². The van der Waals surface area contributed by atoms with Gasteiger partial charge in [-0.2, -0.15) is 0 Å². The van der Waals surface area contributed by atoms with Gasteiger partial charge in [0.15, 0.2) is 0 Å². The van der Waals surface area contributed by atoms with Crippen LogP contribution in [0.5, 0.6) is 0 Å². The Bertz CT molecular complexity index is 1050. The summed E-state index contributed by atoms with van der Waals surface area (Å²) in [6, 6.07) is 14.1. The summed E-state index contributed by atoms with van der Waals surface area (Å²) in [7, 11) is -3.59. The Morgan fingerprint density at radius 3 is 2.42 bits per heavy atom. The van der Waals surface area contributed by atoms with Crippen molar-refractivity contribution in [1.29, 1.82) is 0 Å². The maximum Gasteiger partial charge on any atom is 0.245 e. The molecular formula is C19H20N2O4S. The van der Waals surface area contributed by atoms with Gasteiger partial charge in [0.1, 0.15) is 17.9 Å². The monoisotopic (exact) mass is 372 g/mol. The van der Waals surface area contributed by atoms with Gasteiger partial charge in [-0.3, -0.25) is 9.10 Å². The van der Waals surface area contributed by atoms with E-state index in [2.05, 4.69) is 5.32 Å². The van der Waals surface area contributed by atoms with Gasteiger partial charge in [-0.15, -0.1) is 0 Å². The summed E-state index contributed by atoms with van der Waals surface area (Å²) in [6.07, 6.45) is 1.08. The van der Waals surface area contributed by atoms with Crippen LogP contribution in [0.3, 0.4) is 0 Å². The number of rotatable bonds is 5. The number of aryl methyl sites for hydroxylation is 2. The van der Waals surface area contributed by atoms with Gasteiger partial charge in [0.25, 0.3) is 0 Å². The van der Waals surface area contributed by atoms with E-state index in [4.69, 9.17) is 4.42 Å². The summed E-state index contributed by atoms with van der Waals surface area (Å²) in [5.41, 5.74) is 2.78. The van der Waals surface area contributed by atoms with Crippen LogP contribution in [0.2, 0.25) is 0 Å². The number of hydrogen-bond acceptors (Lipinski definition) is 4. The van der Waals surface area contributed by atoms with E-state index in [1.54, 1.807) is 42.5 Å². The lowest BCUT2D eigenvalue weighted by molar-refractivity contribution is -0.114. The number of nitrogens with zero attached hydrogens (tertiary/aromatic N) is 1. The number of benzene rings is 2. The molecule has 0 fully saturated rings. The molecule has 26 heavy (non-hydrogen) atoms. The van der Waals surface area contributed by atoms with Crippen molar-refractivity contribution in [2.24, 2.45) is 0 Å². The number of anilines is 2. The Kier molecular flexibility index (Phi) is 4.73. The molecule has 0 spiro atoms. The number of furan rings is 1. The van der Waals surface area contributed by atoms with Gasteiger partial charge in [-0.1, -0.05) is 17.7 Å². The zero-order chi connectivity index (χ0) is 18.9. The number of carbonyl (C=O) groups excluding carboxylic acids is 1. The van der Waals surface area contributed by atoms with Gasteiger partial charge >= 0.3 is 0 Å². The highest BCUT2D eigenvalue weighted by Gasteiger charge is 2.21. The highest BCUT2D eigenvalue weighted by Crippen LogP contribution is 2.23. The predicted molar refractivity (Wildman–Crippen MR) is 103 cm³/mol. The van der Waals surface area contributed by atoms with Crippen LogP contribution in [0.15, 0.2) is 52.9 Å². The molecule has 3 aromatic rings. The number of sulfonamides is 1. The molecular weight excluding hydrogens is 352 g/mol. The first kappa shape index (κ1) is 18.0. The summed E-state index contributed by atoms with van der Waals surface area (Å²) in [5, 5.41) is 3.61. The van der Waals surface area contributed by atoms with Crippen LogP contribution in [0, 0.1) is 13.8 Å².